The first-order valence-electron chi connectivity index (χ1n) is 17.3. The van der Waals surface area contributed by atoms with E-state index in [0.717, 1.165) is 63.6 Å². The van der Waals surface area contributed by atoms with Gasteiger partial charge in [0.2, 0.25) is 0 Å². The number of halogens is 2. The van der Waals surface area contributed by atoms with Crippen LogP contribution in [0, 0.1) is 5.82 Å². The number of hydrogen-bond acceptors (Lipinski definition) is 10. The third-order valence-electron chi connectivity index (χ3n) is 9.50. The number of likely N-dealkylation sites (N-methyl/N-ethyl adjacent to an activating group) is 1. The molecule has 14 heteroatoms. The van der Waals surface area contributed by atoms with Gasteiger partial charge in [-0.25, -0.2) is 14.4 Å². The molecular weight excluding hydrogens is 699 g/mol. The van der Waals surface area contributed by atoms with Crippen molar-refractivity contribution in [2.24, 2.45) is 0 Å². The van der Waals surface area contributed by atoms with Crippen molar-refractivity contribution in [1.29, 1.82) is 0 Å². The van der Waals surface area contributed by atoms with Gasteiger partial charge in [0.15, 0.2) is 23.0 Å². The molecule has 0 radical (unpaired) electrons. The molecule has 2 fully saturated rings. The van der Waals surface area contributed by atoms with Crippen molar-refractivity contribution in [3.63, 3.8) is 0 Å². The molecule has 2 saturated heterocycles. The van der Waals surface area contributed by atoms with Crippen LogP contribution in [0.1, 0.15) is 0 Å². The van der Waals surface area contributed by atoms with Crippen molar-refractivity contribution in [3.05, 3.63) is 117 Å². The van der Waals surface area contributed by atoms with Crippen molar-refractivity contribution < 1.29 is 13.9 Å². The Morgan fingerprint density at radius 2 is 1.36 bits per heavy atom. The van der Waals surface area contributed by atoms with E-state index in [1.807, 2.05) is 36.5 Å². The quantitative estimate of drug-likeness (QED) is 0.259. The summed E-state index contributed by atoms with van der Waals surface area (Å²) in [5, 5.41) is 3.96. The minimum Gasteiger partial charge on any atom is -0.493 e. The smallest absolute Gasteiger partial charge is 0.258 e. The monoisotopic (exact) mass is 738 g/mol. The van der Waals surface area contributed by atoms with Crippen molar-refractivity contribution in [2.75, 3.05) is 83.4 Å². The van der Waals surface area contributed by atoms with Crippen LogP contribution in [0.2, 0.25) is 5.02 Å². The molecule has 2 aliphatic heterocycles. The predicted molar refractivity (Wildman–Crippen MR) is 207 cm³/mol. The van der Waals surface area contributed by atoms with E-state index in [1.54, 1.807) is 48.0 Å². The fourth-order valence-corrected chi connectivity index (χ4v) is 6.72. The van der Waals surface area contributed by atoms with E-state index in [1.165, 1.54) is 23.6 Å². The summed E-state index contributed by atoms with van der Waals surface area (Å²) in [6.07, 6.45) is 3.54. The maximum absolute atomic E-state index is 14.9. The van der Waals surface area contributed by atoms with Gasteiger partial charge < -0.3 is 29.5 Å². The Hall–Kier alpha value is -5.50. The minimum atomic E-state index is -0.527. The lowest BCUT2D eigenvalue weighted by Crippen LogP contribution is -2.44. The molecule has 8 rings (SSSR count). The molecule has 4 aromatic heterocycles. The number of rotatable bonds is 6. The topological polar surface area (TPSA) is 109 Å². The van der Waals surface area contributed by atoms with Gasteiger partial charge in [0, 0.05) is 99.1 Å². The maximum Gasteiger partial charge on any atom is 0.258 e. The normalized spacial score (nSPS) is 15.0. The average molecular weight is 739 g/mol. The maximum atomic E-state index is 14.9. The zero-order valence-electron chi connectivity index (χ0n) is 29.8. The summed E-state index contributed by atoms with van der Waals surface area (Å²) >= 11 is 6.04. The van der Waals surface area contributed by atoms with E-state index in [2.05, 4.69) is 37.0 Å². The lowest BCUT2D eigenvalue weighted by Gasteiger charge is -2.34. The number of piperazine rings is 2. The van der Waals surface area contributed by atoms with Gasteiger partial charge in [0.25, 0.3) is 11.1 Å². The number of aromatic nitrogens is 4. The van der Waals surface area contributed by atoms with E-state index in [-0.39, 0.29) is 16.8 Å². The highest BCUT2D eigenvalue weighted by atomic mass is 35.5. The van der Waals surface area contributed by atoms with Crippen LogP contribution in [0.25, 0.3) is 33.8 Å². The Bertz CT molecular complexity index is 2390. The molecule has 6 aromatic rings. The molecule has 274 valence electrons. The van der Waals surface area contributed by atoms with Gasteiger partial charge in [0.1, 0.15) is 5.65 Å². The van der Waals surface area contributed by atoms with Gasteiger partial charge in [0.05, 0.1) is 37.0 Å². The summed E-state index contributed by atoms with van der Waals surface area (Å²) in [4.78, 5) is 40.9. The molecule has 0 saturated carbocycles. The van der Waals surface area contributed by atoms with Crippen molar-refractivity contribution in [2.45, 2.75) is 0 Å². The summed E-state index contributed by atoms with van der Waals surface area (Å²) < 4.78 is 28.3. The number of methoxy groups -OCH3 is 2. The van der Waals surface area contributed by atoms with E-state index >= 15 is 0 Å². The van der Waals surface area contributed by atoms with Crippen LogP contribution >= 0.6 is 11.6 Å². The van der Waals surface area contributed by atoms with Crippen LogP contribution in [0.15, 0.2) is 94.8 Å². The van der Waals surface area contributed by atoms with Crippen LogP contribution in [0.5, 0.6) is 11.5 Å². The van der Waals surface area contributed by atoms with Gasteiger partial charge in [-0.2, -0.15) is 0 Å². The average Bonchev–Trinajstić information content (AvgIpc) is 3.18. The second-order valence-corrected chi connectivity index (χ2v) is 13.4. The molecular formula is C39H40ClFN8O4. The van der Waals surface area contributed by atoms with Crippen molar-refractivity contribution >= 4 is 34.3 Å². The third-order valence-corrected chi connectivity index (χ3v) is 9.73. The predicted octanol–water partition coefficient (Wildman–Crippen LogP) is 4.69. The first-order valence-corrected chi connectivity index (χ1v) is 17.7. The lowest BCUT2D eigenvalue weighted by molar-refractivity contribution is 0.312. The zero-order valence-corrected chi connectivity index (χ0v) is 30.5. The van der Waals surface area contributed by atoms with Gasteiger partial charge in [-0.15, -0.1) is 0 Å². The van der Waals surface area contributed by atoms with Crippen LogP contribution in [-0.2, 0) is 0 Å². The molecule has 53 heavy (non-hydrogen) atoms. The van der Waals surface area contributed by atoms with Gasteiger partial charge >= 0.3 is 0 Å². The minimum absolute atomic E-state index is 0.000150. The largest absolute Gasteiger partial charge is 0.493 e. The lowest BCUT2D eigenvalue weighted by atomic mass is 10.1. The first kappa shape index (κ1) is 35.9. The molecule has 0 atom stereocenters. The highest BCUT2D eigenvalue weighted by Crippen LogP contribution is 2.32. The number of fused-ring (bicyclic) bond motifs is 2. The molecule has 0 spiro atoms. The summed E-state index contributed by atoms with van der Waals surface area (Å²) in [7, 11) is 5.14. The highest BCUT2D eigenvalue weighted by Gasteiger charge is 2.19. The van der Waals surface area contributed by atoms with Gasteiger partial charge in [-0.3, -0.25) is 18.4 Å². The third kappa shape index (κ3) is 7.82. The summed E-state index contributed by atoms with van der Waals surface area (Å²) in [5.41, 5.74) is 4.44. The zero-order chi connectivity index (χ0) is 37.1. The van der Waals surface area contributed by atoms with E-state index in [0.29, 0.717) is 44.8 Å². The summed E-state index contributed by atoms with van der Waals surface area (Å²) in [6.45, 7) is 7.15. The van der Waals surface area contributed by atoms with E-state index in [9.17, 15) is 14.0 Å². The van der Waals surface area contributed by atoms with Gasteiger partial charge in [-0.1, -0.05) is 23.7 Å². The summed E-state index contributed by atoms with van der Waals surface area (Å²) in [5.74, 6) is 0.551. The Morgan fingerprint density at radius 1 is 0.698 bits per heavy atom. The molecule has 0 bridgehead atoms. The first-order chi connectivity index (χ1) is 25.7. The molecule has 0 amide bonds. The van der Waals surface area contributed by atoms with Gasteiger partial charge in [-0.05, 0) is 49.5 Å². The number of benzene rings is 2. The molecule has 2 aromatic carbocycles. The fraction of sp³-hybridized carbons (Fsp3) is 0.282. The summed E-state index contributed by atoms with van der Waals surface area (Å²) in [6, 6.07) is 20.9. The number of hydrogen-bond donors (Lipinski definition) is 1. The van der Waals surface area contributed by atoms with Crippen molar-refractivity contribution in [3.8, 4) is 34.0 Å². The SMILES string of the molecule is COc1ccc(-c2cc(=O)n3cc(N4CCN(C)CC4)cc(F)c3n2)cc1OC.O=c1cc(-c2cccc(Cl)c2)nc2ccc(N3CCNCC3)cn12. The number of nitrogens with zero attached hydrogens (tertiary/aromatic N) is 7. The highest BCUT2D eigenvalue weighted by molar-refractivity contribution is 6.30. The van der Waals surface area contributed by atoms with Crippen molar-refractivity contribution in [1.82, 2.24) is 29.0 Å². The number of nitrogens with one attached hydrogen (secondary N) is 1. The molecule has 0 aliphatic carbocycles. The fourth-order valence-electron chi connectivity index (χ4n) is 6.53. The Balaban J connectivity index is 0.000000167. The number of ether oxygens (including phenoxy) is 2. The molecule has 12 nitrogen and oxygen atoms in total. The molecule has 1 N–H and O–H groups in total. The molecule has 0 unspecified atom stereocenters. The van der Waals surface area contributed by atoms with E-state index in [4.69, 9.17) is 21.1 Å². The standard InChI is InChI=1S/C21H23FN4O3.C18H17ClN4O/c1-24-6-8-25(9-7-24)15-11-16(22)21-23-17(12-20(27)26(21)13-15)14-4-5-18(28-2)19(10-14)29-3;19-14-3-1-2-13(10-14)16-11-18(24)23-12-15(4-5-17(23)21-16)22-8-6-20-7-9-22/h4-5,10-13H,6-9H2,1-3H3;1-5,10-12,20H,6-9H2. The van der Waals surface area contributed by atoms with Crippen LogP contribution in [-0.4, -0.2) is 97.3 Å². The second kappa shape index (κ2) is 15.6. The van der Waals surface area contributed by atoms with E-state index < -0.39 is 5.82 Å². The Morgan fingerprint density at radius 3 is 2.08 bits per heavy atom. The number of pyridine rings is 2. The van der Waals surface area contributed by atoms with Crippen LogP contribution < -0.4 is 35.7 Å². The Labute approximate surface area is 310 Å². The molecule has 6 heterocycles. The van der Waals surface area contributed by atoms with Crippen LogP contribution in [0.3, 0.4) is 0 Å². The molecule has 2 aliphatic rings. The Kier molecular flexibility index (Phi) is 10.6. The number of anilines is 2. The van der Waals surface area contributed by atoms with Crippen LogP contribution in [0.4, 0.5) is 15.8 Å². The second-order valence-electron chi connectivity index (χ2n) is 12.9.